The fourth-order valence-electron chi connectivity index (χ4n) is 2.23. The van der Waals surface area contributed by atoms with Gasteiger partial charge in [0.15, 0.2) is 0 Å². The van der Waals surface area contributed by atoms with Crippen molar-refractivity contribution in [2.45, 2.75) is 38.9 Å². The Morgan fingerprint density at radius 1 is 1.26 bits per heavy atom. The predicted octanol–water partition coefficient (Wildman–Crippen LogP) is 2.25. The van der Waals surface area contributed by atoms with E-state index in [2.05, 4.69) is 19.2 Å². The third kappa shape index (κ3) is 6.14. The Balaban J connectivity index is 2.38. The standard InChI is InChI=1S/C15H24FNO2/c1-11(2)8-15(3,19)10-17-9-14(18)12-4-6-13(16)7-5-12/h4-7,11,14,17-19H,8-10H2,1-3H3. The van der Waals surface area contributed by atoms with Crippen LogP contribution in [0.4, 0.5) is 4.39 Å². The quantitative estimate of drug-likeness (QED) is 0.711. The summed E-state index contributed by atoms with van der Waals surface area (Å²) in [5.41, 5.74) is -0.117. The maximum atomic E-state index is 12.7. The molecule has 3 nitrogen and oxygen atoms in total. The van der Waals surface area contributed by atoms with E-state index < -0.39 is 11.7 Å². The van der Waals surface area contributed by atoms with Crippen molar-refractivity contribution >= 4 is 0 Å². The fourth-order valence-corrected chi connectivity index (χ4v) is 2.23. The van der Waals surface area contributed by atoms with E-state index in [1.807, 2.05) is 0 Å². The van der Waals surface area contributed by atoms with Gasteiger partial charge in [0.1, 0.15) is 5.82 Å². The Morgan fingerprint density at radius 2 is 1.84 bits per heavy atom. The van der Waals surface area contributed by atoms with E-state index in [0.29, 0.717) is 31.0 Å². The van der Waals surface area contributed by atoms with Gasteiger partial charge in [-0.3, -0.25) is 0 Å². The van der Waals surface area contributed by atoms with Crippen molar-refractivity contribution in [3.05, 3.63) is 35.6 Å². The molecule has 0 fully saturated rings. The second-order valence-corrected chi connectivity index (χ2v) is 5.79. The first kappa shape index (κ1) is 16.1. The molecule has 3 N–H and O–H groups in total. The van der Waals surface area contributed by atoms with E-state index in [1.54, 1.807) is 19.1 Å². The zero-order valence-corrected chi connectivity index (χ0v) is 11.9. The van der Waals surface area contributed by atoms with Crippen LogP contribution in [0.5, 0.6) is 0 Å². The number of aliphatic hydroxyl groups is 2. The normalized spacial score (nSPS) is 16.4. The van der Waals surface area contributed by atoms with Gasteiger partial charge < -0.3 is 15.5 Å². The molecule has 0 aliphatic heterocycles. The first-order chi connectivity index (χ1) is 8.80. The van der Waals surface area contributed by atoms with E-state index >= 15 is 0 Å². The van der Waals surface area contributed by atoms with E-state index in [9.17, 15) is 14.6 Å². The number of hydrogen-bond donors (Lipinski definition) is 3. The van der Waals surface area contributed by atoms with Crippen molar-refractivity contribution < 1.29 is 14.6 Å². The fraction of sp³-hybridized carbons (Fsp3) is 0.600. The number of nitrogens with one attached hydrogen (secondary N) is 1. The van der Waals surface area contributed by atoms with Crippen LogP contribution in [-0.2, 0) is 0 Å². The Morgan fingerprint density at radius 3 is 2.37 bits per heavy atom. The third-order valence-electron chi connectivity index (χ3n) is 2.95. The van der Waals surface area contributed by atoms with Gasteiger partial charge in [0, 0.05) is 13.1 Å². The lowest BCUT2D eigenvalue weighted by Gasteiger charge is -2.26. The minimum absolute atomic E-state index is 0.316. The van der Waals surface area contributed by atoms with Gasteiger partial charge in [0.25, 0.3) is 0 Å². The molecule has 1 aromatic rings. The highest BCUT2D eigenvalue weighted by Gasteiger charge is 2.21. The molecule has 108 valence electrons. The highest BCUT2D eigenvalue weighted by atomic mass is 19.1. The molecule has 0 aliphatic carbocycles. The molecule has 0 amide bonds. The van der Waals surface area contributed by atoms with Crippen LogP contribution in [0.3, 0.4) is 0 Å². The smallest absolute Gasteiger partial charge is 0.123 e. The third-order valence-corrected chi connectivity index (χ3v) is 2.95. The van der Waals surface area contributed by atoms with E-state index in [1.165, 1.54) is 12.1 Å². The summed E-state index contributed by atoms with van der Waals surface area (Å²) in [6, 6.07) is 5.78. The number of rotatable bonds is 7. The van der Waals surface area contributed by atoms with Crippen molar-refractivity contribution in [2.75, 3.05) is 13.1 Å². The zero-order chi connectivity index (χ0) is 14.5. The van der Waals surface area contributed by atoms with E-state index in [4.69, 9.17) is 0 Å². The van der Waals surface area contributed by atoms with Crippen molar-refractivity contribution in [2.24, 2.45) is 5.92 Å². The number of halogens is 1. The lowest BCUT2D eigenvalue weighted by Crippen LogP contribution is -2.40. The molecule has 0 aromatic heterocycles. The summed E-state index contributed by atoms with van der Waals surface area (Å²) >= 11 is 0. The molecule has 0 saturated carbocycles. The topological polar surface area (TPSA) is 52.5 Å². The SMILES string of the molecule is CC(C)CC(C)(O)CNCC(O)c1ccc(F)cc1. The molecule has 4 heteroatoms. The second kappa shape index (κ2) is 6.98. The van der Waals surface area contributed by atoms with Gasteiger partial charge >= 0.3 is 0 Å². The van der Waals surface area contributed by atoms with Crippen molar-refractivity contribution in [1.29, 1.82) is 0 Å². The van der Waals surface area contributed by atoms with Crippen molar-refractivity contribution in [3.8, 4) is 0 Å². The van der Waals surface area contributed by atoms with Crippen LogP contribution < -0.4 is 5.32 Å². The van der Waals surface area contributed by atoms with E-state index in [0.717, 1.165) is 0 Å². The summed E-state index contributed by atoms with van der Waals surface area (Å²) in [5.74, 6) is 0.0996. The van der Waals surface area contributed by atoms with Gasteiger partial charge in [-0.2, -0.15) is 0 Å². The molecule has 1 rings (SSSR count). The van der Waals surface area contributed by atoms with Crippen molar-refractivity contribution in [3.63, 3.8) is 0 Å². The minimum Gasteiger partial charge on any atom is -0.389 e. The van der Waals surface area contributed by atoms with Gasteiger partial charge in [0.2, 0.25) is 0 Å². The molecule has 19 heavy (non-hydrogen) atoms. The summed E-state index contributed by atoms with van der Waals surface area (Å²) in [6.45, 7) is 6.65. The van der Waals surface area contributed by atoms with Crippen molar-refractivity contribution in [1.82, 2.24) is 5.32 Å². The van der Waals surface area contributed by atoms with Crippen LogP contribution in [-0.4, -0.2) is 28.9 Å². The molecular formula is C15H24FNO2. The Labute approximate surface area is 114 Å². The van der Waals surface area contributed by atoms with Crippen LogP contribution >= 0.6 is 0 Å². The molecule has 2 unspecified atom stereocenters. The molecular weight excluding hydrogens is 245 g/mol. The highest BCUT2D eigenvalue weighted by molar-refractivity contribution is 5.18. The van der Waals surface area contributed by atoms with Crippen LogP contribution in [0.25, 0.3) is 0 Å². The molecule has 0 bridgehead atoms. The van der Waals surface area contributed by atoms with Crippen LogP contribution in [0, 0.1) is 11.7 Å². The molecule has 0 aliphatic rings. The summed E-state index contributed by atoms with van der Waals surface area (Å²) < 4.78 is 12.7. The maximum absolute atomic E-state index is 12.7. The first-order valence-corrected chi connectivity index (χ1v) is 6.67. The molecule has 0 radical (unpaired) electrons. The minimum atomic E-state index is -0.781. The van der Waals surface area contributed by atoms with E-state index in [-0.39, 0.29) is 5.82 Å². The zero-order valence-electron chi connectivity index (χ0n) is 11.9. The van der Waals surface area contributed by atoms with Gasteiger partial charge in [-0.05, 0) is 37.0 Å². The van der Waals surface area contributed by atoms with Crippen LogP contribution in [0.15, 0.2) is 24.3 Å². The first-order valence-electron chi connectivity index (χ1n) is 6.67. The molecule has 1 aromatic carbocycles. The Kier molecular flexibility index (Phi) is 5.91. The summed E-state index contributed by atoms with van der Waals surface area (Å²) in [6.07, 6.45) is 0.00238. The average Bonchev–Trinajstić information content (AvgIpc) is 2.27. The number of hydrogen-bond acceptors (Lipinski definition) is 3. The summed E-state index contributed by atoms with van der Waals surface area (Å²) in [5, 5.41) is 23.1. The number of benzene rings is 1. The van der Waals surface area contributed by atoms with Gasteiger partial charge in [-0.25, -0.2) is 4.39 Å². The Hall–Kier alpha value is -0.970. The summed E-state index contributed by atoms with van der Waals surface area (Å²) in [7, 11) is 0. The van der Waals surface area contributed by atoms with Gasteiger partial charge in [-0.1, -0.05) is 26.0 Å². The average molecular weight is 269 g/mol. The summed E-state index contributed by atoms with van der Waals surface area (Å²) in [4.78, 5) is 0. The largest absolute Gasteiger partial charge is 0.389 e. The van der Waals surface area contributed by atoms with Crippen LogP contribution in [0.2, 0.25) is 0 Å². The predicted molar refractivity (Wildman–Crippen MR) is 74.3 cm³/mol. The maximum Gasteiger partial charge on any atom is 0.123 e. The molecule has 0 saturated heterocycles. The monoisotopic (exact) mass is 269 g/mol. The lowest BCUT2D eigenvalue weighted by molar-refractivity contribution is 0.0352. The molecule has 2 atom stereocenters. The number of aliphatic hydroxyl groups excluding tert-OH is 1. The molecule has 0 heterocycles. The van der Waals surface area contributed by atoms with Gasteiger partial charge in [-0.15, -0.1) is 0 Å². The highest BCUT2D eigenvalue weighted by Crippen LogP contribution is 2.16. The Bertz CT molecular complexity index is 376. The molecule has 0 spiro atoms. The lowest BCUT2D eigenvalue weighted by atomic mass is 9.94. The van der Waals surface area contributed by atoms with Gasteiger partial charge in [0.05, 0.1) is 11.7 Å². The van der Waals surface area contributed by atoms with Crippen LogP contribution in [0.1, 0.15) is 38.9 Å². The second-order valence-electron chi connectivity index (χ2n) is 5.79.